The molecule has 4 heterocycles. The predicted octanol–water partition coefficient (Wildman–Crippen LogP) is 2.94. The molecule has 0 spiro atoms. The summed E-state index contributed by atoms with van der Waals surface area (Å²) in [5.74, 6) is -0.795. The van der Waals surface area contributed by atoms with Crippen LogP contribution in [0.25, 0.3) is 17.3 Å². The minimum atomic E-state index is -3.23. The monoisotopic (exact) mass is 537 g/mol. The van der Waals surface area contributed by atoms with Crippen LogP contribution in [0.5, 0.6) is 5.75 Å². The topological polar surface area (TPSA) is 125 Å². The minimum absolute atomic E-state index is 0.00120. The first-order valence-corrected chi connectivity index (χ1v) is 13.6. The van der Waals surface area contributed by atoms with Crippen molar-refractivity contribution in [3.05, 3.63) is 35.4 Å². The van der Waals surface area contributed by atoms with Gasteiger partial charge in [-0.05, 0) is 52.0 Å². The minimum Gasteiger partial charge on any atom is -0.433 e. The summed E-state index contributed by atoms with van der Waals surface area (Å²) in [5, 5.41) is 7.56. The van der Waals surface area contributed by atoms with Gasteiger partial charge in [0.25, 0.3) is 5.91 Å². The van der Waals surface area contributed by atoms with Gasteiger partial charge in [0.15, 0.2) is 9.84 Å². The van der Waals surface area contributed by atoms with E-state index in [4.69, 9.17) is 9.84 Å². The van der Waals surface area contributed by atoms with Gasteiger partial charge < -0.3 is 14.8 Å². The summed E-state index contributed by atoms with van der Waals surface area (Å²) in [6, 6.07) is 1.39. The van der Waals surface area contributed by atoms with Crippen molar-refractivity contribution in [3.63, 3.8) is 0 Å². The largest absolute Gasteiger partial charge is 0.433 e. The Bertz CT molecular complexity index is 1320. The Balaban J connectivity index is 1.73. The summed E-state index contributed by atoms with van der Waals surface area (Å²) in [5.41, 5.74) is 1.31. The maximum atomic E-state index is 13.1. The normalized spacial score (nSPS) is 22.2. The molecule has 0 radical (unpaired) electrons. The van der Waals surface area contributed by atoms with Crippen LogP contribution in [0.1, 0.15) is 43.5 Å². The highest BCUT2D eigenvalue weighted by Crippen LogP contribution is 2.33. The number of ether oxygens (including phenoxy) is 2. The third-order valence-electron chi connectivity index (χ3n) is 6.54. The molecule has 0 saturated carbocycles. The number of rotatable bonds is 8. The number of alkyl halides is 2. The van der Waals surface area contributed by atoms with Crippen molar-refractivity contribution in [2.24, 2.45) is 4.99 Å². The molecular weight excluding hydrogens is 508 g/mol. The van der Waals surface area contributed by atoms with E-state index in [-0.39, 0.29) is 29.0 Å². The van der Waals surface area contributed by atoms with E-state index >= 15 is 0 Å². The number of nitrogens with zero attached hydrogens (tertiary/aromatic N) is 4. The van der Waals surface area contributed by atoms with Crippen LogP contribution in [0.15, 0.2) is 29.1 Å². The molecule has 1 N–H and O–H groups in total. The first kappa shape index (κ1) is 26.9. The molecule has 2 aromatic heterocycles. The lowest BCUT2D eigenvalue weighted by Gasteiger charge is -2.25. The standard InChI is InChI=1S/C24H29F2N5O5S/c1-15-20(11-19(27-3)22(32)29-24(2)6-9-37(33,34)14-24)31(17-4-7-35-8-5-17)30-21(15)16-10-18(13-28-12-16)36-23(25)26/h10-13,17,23H,3-9,14H2,1-2H3,(H,29,32)/b19-11-/t24-/m0/s1. The van der Waals surface area contributed by atoms with Gasteiger partial charge in [-0.15, -0.1) is 0 Å². The zero-order valence-corrected chi connectivity index (χ0v) is 21.4. The van der Waals surface area contributed by atoms with Crippen LogP contribution < -0.4 is 10.1 Å². The Hall–Kier alpha value is -3.19. The summed E-state index contributed by atoms with van der Waals surface area (Å²) in [4.78, 5) is 21.0. The summed E-state index contributed by atoms with van der Waals surface area (Å²) in [6.07, 6.45) is 5.92. The van der Waals surface area contributed by atoms with E-state index < -0.39 is 27.9 Å². The molecular formula is C24H29F2N5O5S. The summed E-state index contributed by atoms with van der Waals surface area (Å²) in [6.45, 7) is 5.12. The molecule has 37 heavy (non-hydrogen) atoms. The van der Waals surface area contributed by atoms with Gasteiger partial charge in [0.1, 0.15) is 11.4 Å². The first-order chi connectivity index (χ1) is 17.5. The molecule has 0 aromatic carbocycles. The zero-order chi connectivity index (χ0) is 26.8. The molecule has 1 amide bonds. The summed E-state index contributed by atoms with van der Waals surface area (Å²) in [7, 11) is -3.23. The van der Waals surface area contributed by atoms with Crippen LogP contribution in [0.4, 0.5) is 8.78 Å². The third-order valence-corrected chi connectivity index (χ3v) is 8.44. The fraction of sp³-hybridized carbons (Fsp3) is 0.500. The Morgan fingerprint density at radius 3 is 2.73 bits per heavy atom. The highest BCUT2D eigenvalue weighted by molar-refractivity contribution is 7.91. The van der Waals surface area contributed by atoms with Crippen molar-refractivity contribution in [1.29, 1.82) is 0 Å². The number of aromatic nitrogens is 3. The van der Waals surface area contributed by atoms with E-state index in [0.717, 1.165) is 0 Å². The molecule has 0 unspecified atom stereocenters. The van der Waals surface area contributed by atoms with Gasteiger partial charge in [0, 0.05) is 30.5 Å². The summed E-state index contributed by atoms with van der Waals surface area (Å²) < 4.78 is 61.2. The molecule has 4 rings (SSSR count). The fourth-order valence-corrected chi connectivity index (χ4v) is 6.75. The molecule has 2 aliphatic heterocycles. The van der Waals surface area contributed by atoms with E-state index in [0.29, 0.717) is 55.0 Å². The number of aliphatic imine (C=N–C) groups is 1. The molecule has 2 aliphatic rings. The lowest BCUT2D eigenvalue weighted by molar-refractivity contribution is -0.118. The number of hydrogen-bond donors (Lipinski definition) is 1. The second-order valence-electron chi connectivity index (χ2n) is 9.48. The molecule has 2 aromatic rings. The van der Waals surface area contributed by atoms with Crippen LogP contribution in [0.3, 0.4) is 0 Å². The zero-order valence-electron chi connectivity index (χ0n) is 20.6. The van der Waals surface area contributed by atoms with Crippen molar-refractivity contribution < 1.29 is 31.5 Å². The van der Waals surface area contributed by atoms with Crippen LogP contribution >= 0.6 is 0 Å². The highest BCUT2D eigenvalue weighted by atomic mass is 32.2. The lowest BCUT2D eigenvalue weighted by Crippen LogP contribution is -2.47. The molecule has 1 atom stereocenters. The number of sulfone groups is 1. The number of halogens is 2. The number of hydrogen-bond acceptors (Lipinski definition) is 8. The first-order valence-electron chi connectivity index (χ1n) is 11.8. The van der Waals surface area contributed by atoms with Gasteiger partial charge in [-0.1, -0.05) is 0 Å². The van der Waals surface area contributed by atoms with Crippen LogP contribution in [-0.2, 0) is 19.4 Å². The van der Waals surface area contributed by atoms with Crippen molar-refractivity contribution in [1.82, 2.24) is 20.1 Å². The van der Waals surface area contributed by atoms with E-state index in [2.05, 4.69) is 26.7 Å². The van der Waals surface area contributed by atoms with E-state index in [1.54, 1.807) is 24.6 Å². The van der Waals surface area contributed by atoms with Crippen molar-refractivity contribution in [2.45, 2.75) is 51.3 Å². The molecule has 2 saturated heterocycles. The average molecular weight is 538 g/mol. The maximum absolute atomic E-state index is 13.1. The molecule has 0 aliphatic carbocycles. The summed E-state index contributed by atoms with van der Waals surface area (Å²) >= 11 is 0. The highest BCUT2D eigenvalue weighted by Gasteiger charge is 2.40. The Morgan fingerprint density at radius 2 is 2.11 bits per heavy atom. The lowest BCUT2D eigenvalue weighted by atomic mass is 10.0. The van der Waals surface area contributed by atoms with E-state index in [9.17, 15) is 22.0 Å². The number of carbonyl (C=O) groups excluding carboxylic acids is 1. The van der Waals surface area contributed by atoms with Gasteiger partial charge in [0.05, 0.1) is 40.7 Å². The maximum Gasteiger partial charge on any atom is 0.387 e. The van der Waals surface area contributed by atoms with E-state index in [1.165, 1.54) is 18.5 Å². The number of amides is 1. The van der Waals surface area contributed by atoms with Crippen molar-refractivity contribution >= 4 is 28.5 Å². The molecule has 0 bridgehead atoms. The third kappa shape index (κ3) is 6.21. The van der Waals surface area contributed by atoms with Gasteiger partial charge in [-0.25, -0.2) is 8.42 Å². The average Bonchev–Trinajstić information content (AvgIpc) is 3.32. The quantitative estimate of drug-likeness (QED) is 0.406. The van der Waals surface area contributed by atoms with Gasteiger partial charge in [0.2, 0.25) is 0 Å². The smallest absolute Gasteiger partial charge is 0.387 e. The Kier molecular flexibility index (Phi) is 7.74. The molecule has 2 fully saturated rings. The number of nitrogens with one attached hydrogen (secondary N) is 1. The van der Waals surface area contributed by atoms with Crippen molar-refractivity contribution in [3.8, 4) is 17.0 Å². The van der Waals surface area contributed by atoms with Gasteiger partial charge in [-0.2, -0.15) is 13.9 Å². The van der Waals surface area contributed by atoms with Crippen LogP contribution in [0, 0.1) is 6.92 Å². The second kappa shape index (κ2) is 10.7. The van der Waals surface area contributed by atoms with Crippen molar-refractivity contribution in [2.75, 3.05) is 24.7 Å². The SMILES string of the molecule is C=N/C(=C\c1c(C)c(-c2cncc(OC(F)F)c2)nn1C1CCOCC1)C(=O)N[C@@]1(C)CCS(=O)(=O)C1. The number of pyridine rings is 1. The Morgan fingerprint density at radius 1 is 1.38 bits per heavy atom. The van der Waals surface area contributed by atoms with Crippen LogP contribution in [0.2, 0.25) is 0 Å². The Labute approximate surface area is 213 Å². The molecule has 13 heteroatoms. The molecule has 200 valence electrons. The van der Waals surface area contributed by atoms with Gasteiger partial charge in [-0.3, -0.25) is 19.5 Å². The fourth-order valence-electron chi connectivity index (χ4n) is 4.66. The molecule has 10 nitrogen and oxygen atoms in total. The predicted molar refractivity (Wildman–Crippen MR) is 133 cm³/mol. The van der Waals surface area contributed by atoms with Gasteiger partial charge >= 0.3 is 6.61 Å². The number of carbonyl (C=O) groups is 1. The van der Waals surface area contributed by atoms with E-state index in [1.807, 2.05) is 0 Å². The van der Waals surface area contributed by atoms with Crippen LogP contribution in [-0.4, -0.2) is 72.7 Å². The second-order valence-corrected chi connectivity index (χ2v) is 11.7.